The molecule has 0 unspecified atom stereocenters. The van der Waals surface area contributed by atoms with Crippen molar-refractivity contribution in [1.82, 2.24) is 4.90 Å². The lowest BCUT2D eigenvalue weighted by molar-refractivity contribution is -0.149. The zero-order chi connectivity index (χ0) is 18.4. The molecule has 0 bridgehead atoms. The molecule has 1 fully saturated rings. The Balaban J connectivity index is 2.17. The van der Waals surface area contributed by atoms with Crippen molar-refractivity contribution >= 4 is 35.0 Å². The van der Waals surface area contributed by atoms with Crippen LogP contribution < -0.4 is 4.74 Å². The van der Waals surface area contributed by atoms with Crippen molar-refractivity contribution in [2.75, 3.05) is 13.2 Å². The molecule has 0 N–H and O–H groups in total. The molecule has 1 aliphatic rings. The normalized spacial score (nSPS) is 15.8. The van der Waals surface area contributed by atoms with Crippen LogP contribution in [0, 0.1) is 0 Å². The Hall–Kier alpha value is -2.54. The van der Waals surface area contributed by atoms with Gasteiger partial charge in [0.1, 0.15) is 18.9 Å². The fourth-order valence-corrected chi connectivity index (χ4v) is 2.92. The van der Waals surface area contributed by atoms with Gasteiger partial charge in [0, 0.05) is 5.56 Å². The average Bonchev–Trinajstić information content (AvgIpc) is 2.81. The lowest BCUT2D eigenvalue weighted by Crippen LogP contribution is -2.35. The first-order valence-electron chi connectivity index (χ1n) is 7.70. The maximum absolute atomic E-state index is 12.4. The van der Waals surface area contributed by atoms with Crippen molar-refractivity contribution < 1.29 is 23.9 Å². The van der Waals surface area contributed by atoms with Crippen molar-refractivity contribution in [3.8, 4) is 5.75 Å². The zero-order valence-corrected chi connectivity index (χ0v) is 14.9. The van der Waals surface area contributed by atoms with Gasteiger partial charge in [0.15, 0.2) is 0 Å². The lowest BCUT2D eigenvalue weighted by atomic mass is 10.2. The van der Waals surface area contributed by atoms with Gasteiger partial charge in [-0.2, -0.15) is 0 Å². The molecule has 0 saturated carbocycles. The summed E-state index contributed by atoms with van der Waals surface area (Å²) in [5, 5.41) is -0.499. The number of benzene rings is 1. The molecule has 1 aromatic rings. The first-order valence-corrected chi connectivity index (χ1v) is 8.51. The topological polar surface area (TPSA) is 72.9 Å². The maximum Gasteiger partial charge on any atom is 0.326 e. The number of esters is 1. The molecule has 0 radical (unpaired) electrons. The lowest BCUT2D eigenvalue weighted by Gasteiger charge is -2.13. The van der Waals surface area contributed by atoms with Crippen molar-refractivity contribution in [1.29, 1.82) is 0 Å². The van der Waals surface area contributed by atoms with Crippen LogP contribution in [-0.2, 0) is 14.3 Å². The summed E-state index contributed by atoms with van der Waals surface area (Å²) < 4.78 is 10.5. The monoisotopic (exact) mass is 361 g/mol. The van der Waals surface area contributed by atoms with Crippen LogP contribution in [0.2, 0.25) is 0 Å². The number of nitrogens with zero attached hydrogens (tertiary/aromatic N) is 1. The Morgan fingerprint density at radius 2 is 2.04 bits per heavy atom. The minimum absolute atomic E-state index is 0.233. The van der Waals surface area contributed by atoms with Crippen molar-refractivity contribution in [2.24, 2.45) is 0 Å². The van der Waals surface area contributed by atoms with E-state index in [0.717, 1.165) is 16.7 Å². The van der Waals surface area contributed by atoms with Crippen LogP contribution in [0.1, 0.15) is 19.4 Å². The van der Waals surface area contributed by atoms with Gasteiger partial charge in [-0.05, 0) is 37.8 Å². The van der Waals surface area contributed by atoms with Crippen LogP contribution in [-0.4, -0.2) is 41.3 Å². The Morgan fingerprint density at radius 3 is 2.72 bits per heavy atom. The van der Waals surface area contributed by atoms with Gasteiger partial charge >= 0.3 is 5.97 Å². The van der Waals surface area contributed by atoms with Gasteiger partial charge in [-0.25, -0.2) is 0 Å². The maximum atomic E-state index is 12.4. The van der Waals surface area contributed by atoms with E-state index in [9.17, 15) is 14.4 Å². The summed E-state index contributed by atoms with van der Waals surface area (Å²) in [6.07, 6.45) is 2.89. The summed E-state index contributed by atoms with van der Waals surface area (Å²) in [6, 6.07) is 7.15. The average molecular weight is 361 g/mol. The molecular weight excluding hydrogens is 342 g/mol. The number of para-hydroxylation sites is 1. The Morgan fingerprint density at radius 1 is 1.32 bits per heavy atom. The molecule has 132 valence electrons. The van der Waals surface area contributed by atoms with Crippen molar-refractivity contribution in [3.05, 3.63) is 47.4 Å². The largest absolute Gasteiger partial charge is 0.489 e. The standard InChI is InChI=1S/C18H19NO5S/c1-4-9-23-14-8-6-5-7-13(14)10-15-17(21)19(18(22)25-15)11-16(20)24-12(2)3/h4-8,10,12H,1,9,11H2,2-3H3/b15-10-. The minimum Gasteiger partial charge on any atom is -0.489 e. The van der Waals surface area contributed by atoms with E-state index >= 15 is 0 Å². The van der Waals surface area contributed by atoms with E-state index in [1.165, 1.54) is 0 Å². The molecule has 0 spiro atoms. The number of hydrogen-bond donors (Lipinski definition) is 0. The van der Waals surface area contributed by atoms with E-state index in [1.807, 2.05) is 6.07 Å². The van der Waals surface area contributed by atoms with Crippen LogP contribution in [0.15, 0.2) is 41.8 Å². The van der Waals surface area contributed by atoms with Crippen molar-refractivity contribution in [3.63, 3.8) is 0 Å². The van der Waals surface area contributed by atoms with E-state index in [4.69, 9.17) is 9.47 Å². The van der Waals surface area contributed by atoms with Crippen LogP contribution in [0.5, 0.6) is 5.75 Å². The van der Waals surface area contributed by atoms with Gasteiger partial charge < -0.3 is 9.47 Å². The number of amides is 2. The summed E-state index contributed by atoms with van der Waals surface area (Å²) in [5.74, 6) is -0.559. The summed E-state index contributed by atoms with van der Waals surface area (Å²) in [5.41, 5.74) is 0.666. The highest BCUT2D eigenvalue weighted by Gasteiger charge is 2.36. The third-order valence-corrected chi connectivity index (χ3v) is 4.00. The van der Waals surface area contributed by atoms with E-state index in [-0.39, 0.29) is 11.0 Å². The first-order chi connectivity index (χ1) is 11.9. The van der Waals surface area contributed by atoms with E-state index in [2.05, 4.69) is 6.58 Å². The number of hydrogen-bond acceptors (Lipinski definition) is 6. The Kier molecular flexibility index (Phi) is 6.41. The second-order valence-electron chi connectivity index (χ2n) is 5.44. The van der Waals surface area contributed by atoms with Crippen molar-refractivity contribution in [2.45, 2.75) is 20.0 Å². The molecule has 7 heteroatoms. The predicted octanol–water partition coefficient (Wildman–Crippen LogP) is 3.24. The minimum atomic E-state index is -0.617. The second kappa shape index (κ2) is 8.53. The third-order valence-electron chi connectivity index (χ3n) is 3.09. The molecule has 1 heterocycles. The number of imide groups is 1. The molecule has 0 aliphatic carbocycles. The summed E-state index contributed by atoms with van der Waals surface area (Å²) >= 11 is 0.785. The molecule has 2 rings (SSSR count). The van der Waals surface area contributed by atoms with Gasteiger partial charge in [0.2, 0.25) is 0 Å². The number of carbonyl (C=O) groups excluding carboxylic acids is 3. The molecule has 2 amide bonds. The predicted molar refractivity (Wildman–Crippen MR) is 96.0 cm³/mol. The number of thioether (sulfide) groups is 1. The Labute approximate surface area is 150 Å². The van der Waals surface area contributed by atoms with E-state index < -0.39 is 23.7 Å². The van der Waals surface area contributed by atoms with Gasteiger partial charge in [-0.1, -0.05) is 30.9 Å². The van der Waals surface area contributed by atoms with Gasteiger partial charge in [0.05, 0.1) is 11.0 Å². The fraction of sp³-hybridized carbons (Fsp3) is 0.278. The third kappa shape index (κ3) is 4.96. The summed E-state index contributed by atoms with van der Waals surface area (Å²) in [4.78, 5) is 37.3. The molecule has 25 heavy (non-hydrogen) atoms. The summed E-state index contributed by atoms with van der Waals surface area (Å²) in [6.45, 7) is 6.93. The molecule has 0 atom stereocenters. The van der Waals surface area contributed by atoms with Gasteiger partial charge in [-0.15, -0.1) is 0 Å². The molecule has 1 saturated heterocycles. The van der Waals surface area contributed by atoms with Gasteiger partial charge in [-0.3, -0.25) is 19.3 Å². The second-order valence-corrected chi connectivity index (χ2v) is 6.44. The summed E-state index contributed by atoms with van der Waals surface area (Å²) in [7, 11) is 0. The van der Waals surface area contributed by atoms with E-state index in [1.54, 1.807) is 44.2 Å². The number of ether oxygens (including phenoxy) is 2. The highest BCUT2D eigenvalue weighted by molar-refractivity contribution is 8.18. The smallest absolute Gasteiger partial charge is 0.326 e. The molecule has 1 aromatic carbocycles. The Bertz CT molecular complexity index is 726. The van der Waals surface area contributed by atoms with Crippen LogP contribution in [0.3, 0.4) is 0 Å². The van der Waals surface area contributed by atoms with Gasteiger partial charge in [0.25, 0.3) is 11.1 Å². The van der Waals surface area contributed by atoms with Crippen LogP contribution in [0.4, 0.5) is 4.79 Å². The molecular formula is C18H19NO5S. The zero-order valence-electron chi connectivity index (χ0n) is 14.1. The fourth-order valence-electron chi connectivity index (χ4n) is 2.09. The molecule has 6 nitrogen and oxygen atoms in total. The SMILES string of the molecule is C=CCOc1ccccc1/C=C1\SC(=O)N(CC(=O)OC(C)C)C1=O. The first kappa shape index (κ1) is 18.8. The highest BCUT2D eigenvalue weighted by atomic mass is 32.2. The number of carbonyl (C=O) groups is 3. The number of rotatable bonds is 7. The van der Waals surface area contributed by atoms with Crippen LogP contribution in [0.25, 0.3) is 6.08 Å². The highest BCUT2D eigenvalue weighted by Crippen LogP contribution is 2.33. The quantitative estimate of drug-likeness (QED) is 0.422. The van der Waals surface area contributed by atoms with Crippen LogP contribution >= 0.6 is 11.8 Å². The molecule has 1 aliphatic heterocycles. The molecule has 0 aromatic heterocycles. The van der Waals surface area contributed by atoms with E-state index in [0.29, 0.717) is 17.9 Å².